The molecule has 7 heteroatoms. The molecule has 0 atom stereocenters. The van der Waals surface area contributed by atoms with Gasteiger partial charge in [0.05, 0.1) is 0 Å². The Balaban J connectivity index is 2.06. The summed E-state index contributed by atoms with van der Waals surface area (Å²) in [6.45, 7) is 1.73. The van der Waals surface area contributed by atoms with E-state index in [1.165, 1.54) is 31.1 Å². The van der Waals surface area contributed by atoms with Gasteiger partial charge < -0.3 is 19.8 Å². The number of amides is 1. The Kier molecular flexibility index (Phi) is 4.85. The van der Waals surface area contributed by atoms with E-state index in [0.29, 0.717) is 28.6 Å². The third-order valence-electron chi connectivity index (χ3n) is 4.23. The summed E-state index contributed by atoms with van der Waals surface area (Å²) < 4.78 is 24.7. The summed E-state index contributed by atoms with van der Waals surface area (Å²) in [6.07, 6.45) is -0.417. The molecule has 0 saturated carbocycles. The molecule has 0 bridgehead atoms. The predicted octanol–water partition coefficient (Wildman–Crippen LogP) is 3.47. The van der Waals surface area contributed by atoms with Crippen molar-refractivity contribution in [1.29, 1.82) is 0 Å². The van der Waals surface area contributed by atoms with Gasteiger partial charge in [-0.15, -0.1) is 0 Å². The lowest BCUT2D eigenvalue weighted by atomic mass is 9.99. The van der Waals surface area contributed by atoms with Crippen LogP contribution in [0.5, 0.6) is 5.75 Å². The Hall–Kier alpha value is -3.35. The van der Waals surface area contributed by atoms with Crippen LogP contribution in [0.1, 0.15) is 16.7 Å². The van der Waals surface area contributed by atoms with Crippen molar-refractivity contribution in [2.24, 2.45) is 0 Å². The Morgan fingerprint density at radius 1 is 1.26 bits per heavy atom. The van der Waals surface area contributed by atoms with Crippen molar-refractivity contribution in [2.75, 3.05) is 19.8 Å². The van der Waals surface area contributed by atoms with Crippen molar-refractivity contribution in [2.45, 2.75) is 13.3 Å². The quantitative estimate of drug-likeness (QED) is 0.564. The second kappa shape index (κ2) is 7.11. The molecular formula is C20H19FN2O4. The molecule has 0 radical (unpaired) electrons. The first-order valence-electron chi connectivity index (χ1n) is 8.25. The molecule has 140 valence electrons. The number of carbonyl (C=O) groups is 1. The number of halogens is 1. The van der Waals surface area contributed by atoms with Crippen molar-refractivity contribution >= 4 is 22.7 Å². The summed E-state index contributed by atoms with van der Waals surface area (Å²) in [5.74, 6) is -1.02. The smallest absolute Gasteiger partial charge is 0.414 e. The van der Waals surface area contributed by atoms with E-state index < -0.39 is 17.5 Å². The SMILES string of the molecule is Cc1c(Cc2cccc(N)c2)c(=O)oc2cc(OC(=O)N(C)C)c(F)cc12. The van der Waals surface area contributed by atoms with Gasteiger partial charge in [0, 0.05) is 43.2 Å². The van der Waals surface area contributed by atoms with Gasteiger partial charge in [0.2, 0.25) is 0 Å². The van der Waals surface area contributed by atoms with Crippen LogP contribution in [0.3, 0.4) is 0 Å². The highest BCUT2D eigenvalue weighted by molar-refractivity contribution is 5.83. The number of benzene rings is 2. The first-order chi connectivity index (χ1) is 12.8. The number of aryl methyl sites for hydroxylation is 1. The van der Waals surface area contributed by atoms with Crippen molar-refractivity contribution in [3.63, 3.8) is 0 Å². The highest BCUT2D eigenvalue weighted by Crippen LogP contribution is 2.28. The summed E-state index contributed by atoms with van der Waals surface area (Å²) in [4.78, 5) is 25.3. The first-order valence-corrected chi connectivity index (χ1v) is 8.25. The number of nitrogens with two attached hydrogens (primary N) is 1. The van der Waals surface area contributed by atoms with Crippen molar-refractivity contribution < 1.29 is 18.3 Å². The summed E-state index contributed by atoms with van der Waals surface area (Å²) >= 11 is 0. The van der Waals surface area contributed by atoms with Crippen LogP contribution >= 0.6 is 0 Å². The lowest BCUT2D eigenvalue weighted by molar-refractivity contribution is 0.170. The molecule has 3 rings (SSSR count). The molecule has 0 saturated heterocycles. The maximum absolute atomic E-state index is 14.4. The fraction of sp³-hybridized carbons (Fsp3) is 0.200. The molecule has 0 fully saturated rings. The normalized spacial score (nSPS) is 10.8. The van der Waals surface area contributed by atoms with E-state index in [1.807, 2.05) is 6.07 Å². The molecule has 0 aliphatic heterocycles. The van der Waals surface area contributed by atoms with E-state index in [9.17, 15) is 14.0 Å². The Morgan fingerprint density at radius 3 is 2.67 bits per heavy atom. The van der Waals surface area contributed by atoms with Crippen LogP contribution < -0.4 is 16.1 Å². The van der Waals surface area contributed by atoms with E-state index in [4.69, 9.17) is 14.9 Å². The van der Waals surface area contributed by atoms with Gasteiger partial charge >= 0.3 is 11.7 Å². The molecule has 3 aromatic rings. The lowest BCUT2D eigenvalue weighted by Gasteiger charge is -2.13. The zero-order valence-corrected chi connectivity index (χ0v) is 15.2. The van der Waals surface area contributed by atoms with Gasteiger partial charge in [-0.25, -0.2) is 14.0 Å². The zero-order valence-electron chi connectivity index (χ0n) is 15.2. The molecule has 0 aliphatic rings. The Labute approximate surface area is 155 Å². The molecule has 1 aromatic heterocycles. The number of nitrogen functional groups attached to an aromatic ring is 1. The molecule has 27 heavy (non-hydrogen) atoms. The second-order valence-electron chi connectivity index (χ2n) is 6.46. The molecule has 0 spiro atoms. The van der Waals surface area contributed by atoms with Gasteiger partial charge in [-0.3, -0.25) is 0 Å². The second-order valence-corrected chi connectivity index (χ2v) is 6.46. The van der Waals surface area contributed by atoms with Gasteiger partial charge in [0.1, 0.15) is 5.58 Å². The molecule has 0 unspecified atom stereocenters. The van der Waals surface area contributed by atoms with E-state index in [2.05, 4.69) is 0 Å². The highest BCUT2D eigenvalue weighted by Gasteiger charge is 2.17. The number of carbonyl (C=O) groups excluding carboxylic acids is 1. The Bertz CT molecular complexity index is 1090. The minimum absolute atomic E-state index is 0.150. The fourth-order valence-corrected chi connectivity index (χ4v) is 2.76. The summed E-state index contributed by atoms with van der Waals surface area (Å²) in [5, 5.41) is 0.440. The third-order valence-corrected chi connectivity index (χ3v) is 4.23. The first kappa shape index (κ1) is 18.4. The van der Waals surface area contributed by atoms with Crippen LogP contribution in [0.25, 0.3) is 11.0 Å². The van der Waals surface area contributed by atoms with Gasteiger partial charge in [-0.05, 0) is 36.2 Å². The average Bonchev–Trinajstić information content (AvgIpc) is 2.60. The number of rotatable bonds is 3. The van der Waals surface area contributed by atoms with Gasteiger partial charge in [-0.2, -0.15) is 0 Å². The van der Waals surface area contributed by atoms with Gasteiger partial charge in [-0.1, -0.05) is 12.1 Å². The molecule has 2 N–H and O–H groups in total. The maximum Gasteiger partial charge on any atom is 0.414 e. The fourth-order valence-electron chi connectivity index (χ4n) is 2.76. The van der Waals surface area contributed by atoms with Crippen LogP contribution in [-0.2, 0) is 6.42 Å². The molecule has 1 amide bonds. The average molecular weight is 370 g/mol. The van der Waals surface area contributed by atoms with Crippen LogP contribution in [0.2, 0.25) is 0 Å². The number of nitrogens with zero attached hydrogens (tertiary/aromatic N) is 1. The third kappa shape index (κ3) is 3.76. The summed E-state index contributed by atoms with van der Waals surface area (Å²) in [5.41, 5.74) is 7.87. The minimum atomic E-state index is -0.731. The summed E-state index contributed by atoms with van der Waals surface area (Å²) in [6, 6.07) is 9.59. The van der Waals surface area contributed by atoms with E-state index in [1.54, 1.807) is 25.1 Å². The van der Waals surface area contributed by atoms with Crippen molar-refractivity contribution in [1.82, 2.24) is 4.90 Å². The number of fused-ring (bicyclic) bond motifs is 1. The molecule has 2 aromatic carbocycles. The van der Waals surface area contributed by atoms with Crippen LogP contribution in [0, 0.1) is 12.7 Å². The minimum Gasteiger partial charge on any atom is -0.422 e. The van der Waals surface area contributed by atoms with E-state index >= 15 is 0 Å². The van der Waals surface area contributed by atoms with E-state index in [0.717, 1.165) is 5.56 Å². The molecule has 1 heterocycles. The monoisotopic (exact) mass is 370 g/mol. The standard InChI is InChI=1S/C20H19FN2O4/c1-11-14-9-16(21)18(27-20(25)23(2)3)10-17(14)26-19(24)15(11)8-12-5-4-6-13(22)7-12/h4-7,9-10H,8,22H2,1-3H3. The van der Waals surface area contributed by atoms with Crippen LogP contribution in [0.4, 0.5) is 14.9 Å². The van der Waals surface area contributed by atoms with Gasteiger partial charge in [0.25, 0.3) is 0 Å². The van der Waals surface area contributed by atoms with E-state index in [-0.39, 0.29) is 11.3 Å². The number of ether oxygens (including phenoxy) is 1. The van der Waals surface area contributed by atoms with Crippen LogP contribution in [0.15, 0.2) is 45.6 Å². The molecule has 0 aliphatic carbocycles. The highest BCUT2D eigenvalue weighted by atomic mass is 19.1. The topological polar surface area (TPSA) is 85.8 Å². The van der Waals surface area contributed by atoms with Gasteiger partial charge in [0.15, 0.2) is 11.6 Å². The molecule has 6 nitrogen and oxygen atoms in total. The molecular weight excluding hydrogens is 351 g/mol. The lowest BCUT2D eigenvalue weighted by Crippen LogP contribution is -2.25. The predicted molar refractivity (Wildman–Crippen MR) is 101 cm³/mol. The van der Waals surface area contributed by atoms with Crippen LogP contribution in [-0.4, -0.2) is 25.1 Å². The Morgan fingerprint density at radius 2 is 2.00 bits per heavy atom. The van der Waals surface area contributed by atoms with Crippen molar-refractivity contribution in [3.05, 3.63) is 69.3 Å². The zero-order chi connectivity index (χ0) is 19.7. The largest absolute Gasteiger partial charge is 0.422 e. The van der Waals surface area contributed by atoms with Crippen molar-refractivity contribution in [3.8, 4) is 5.75 Å². The maximum atomic E-state index is 14.4. The number of hydrogen-bond donors (Lipinski definition) is 1. The number of hydrogen-bond acceptors (Lipinski definition) is 5. The summed E-state index contributed by atoms with van der Waals surface area (Å²) in [7, 11) is 2.96. The number of anilines is 1.